The van der Waals surface area contributed by atoms with Crippen LogP contribution < -0.4 is 0 Å². The van der Waals surface area contributed by atoms with Crippen LogP contribution in [0.1, 0.15) is 18.4 Å². The van der Waals surface area contributed by atoms with Gasteiger partial charge in [0.2, 0.25) is 0 Å². The first-order chi connectivity index (χ1) is 9.65. The zero-order chi connectivity index (χ0) is 14.1. The Bertz CT molecular complexity index is 579. The van der Waals surface area contributed by atoms with Crippen molar-refractivity contribution in [2.45, 2.75) is 25.5 Å². The number of rotatable bonds is 3. The third-order valence-corrected chi connectivity index (χ3v) is 3.70. The quantitative estimate of drug-likeness (QED) is 0.857. The lowest BCUT2D eigenvalue weighted by molar-refractivity contribution is -0.142. The predicted octanol–water partition coefficient (Wildman–Crippen LogP) is 2.18. The molecule has 1 atom stereocenters. The molecule has 1 amide bonds. The van der Waals surface area contributed by atoms with E-state index >= 15 is 0 Å². The Morgan fingerprint density at radius 2 is 2.00 bits per heavy atom. The summed E-state index contributed by atoms with van der Waals surface area (Å²) in [6.45, 7) is 0.550. The summed E-state index contributed by atoms with van der Waals surface area (Å²) < 4.78 is 5.22. The van der Waals surface area contributed by atoms with Crippen molar-refractivity contribution in [1.29, 1.82) is 0 Å². The number of carboxylic acids is 1. The molecule has 5 heteroatoms. The van der Waals surface area contributed by atoms with E-state index in [0.717, 1.165) is 12.0 Å². The maximum absolute atomic E-state index is 12.1. The number of hydrogen-bond donors (Lipinski definition) is 1. The van der Waals surface area contributed by atoms with Gasteiger partial charge in [0.1, 0.15) is 12.6 Å². The number of ether oxygens (including phenoxy) is 1. The minimum absolute atomic E-state index is 0.161. The fourth-order valence-electron chi connectivity index (χ4n) is 2.47. The first kappa shape index (κ1) is 12.7. The largest absolute Gasteiger partial charge is 0.480 e. The average Bonchev–Trinajstić information content (AvgIpc) is 3.22. The molecule has 2 aliphatic rings. The third-order valence-electron chi connectivity index (χ3n) is 3.70. The van der Waals surface area contributed by atoms with Gasteiger partial charge in [0, 0.05) is 13.0 Å². The molecule has 0 spiro atoms. The Morgan fingerprint density at radius 1 is 1.25 bits per heavy atom. The normalized spacial score (nSPS) is 20.4. The van der Waals surface area contributed by atoms with Crippen LogP contribution in [-0.4, -0.2) is 34.7 Å². The second-order valence-corrected chi connectivity index (χ2v) is 5.11. The van der Waals surface area contributed by atoms with Crippen molar-refractivity contribution < 1.29 is 19.4 Å². The van der Waals surface area contributed by atoms with Crippen LogP contribution in [0.3, 0.4) is 0 Å². The zero-order valence-electron chi connectivity index (χ0n) is 10.9. The molecular weight excluding hydrogens is 258 g/mol. The van der Waals surface area contributed by atoms with Gasteiger partial charge in [-0.1, -0.05) is 35.9 Å². The highest BCUT2D eigenvalue weighted by Crippen LogP contribution is 2.40. The van der Waals surface area contributed by atoms with Gasteiger partial charge in [0.05, 0.1) is 0 Å². The molecular formula is C15H15NO4. The average molecular weight is 273 g/mol. The summed E-state index contributed by atoms with van der Waals surface area (Å²) in [6, 6.07) is 8.55. The number of carbonyl (C=O) groups is 2. The van der Waals surface area contributed by atoms with E-state index in [1.54, 1.807) is 0 Å². The molecule has 1 aliphatic heterocycles. The molecule has 1 aromatic rings. The fourth-order valence-corrected chi connectivity index (χ4v) is 2.47. The van der Waals surface area contributed by atoms with Gasteiger partial charge >= 0.3 is 12.1 Å². The molecule has 0 fully saturated rings. The van der Waals surface area contributed by atoms with Gasteiger partial charge in [-0.3, -0.25) is 4.90 Å². The van der Waals surface area contributed by atoms with Gasteiger partial charge in [0.15, 0.2) is 0 Å². The minimum Gasteiger partial charge on any atom is -0.480 e. The molecule has 1 aromatic carbocycles. The molecule has 104 valence electrons. The van der Waals surface area contributed by atoms with Crippen LogP contribution in [0.15, 0.2) is 41.5 Å². The Morgan fingerprint density at radius 3 is 2.70 bits per heavy atom. The van der Waals surface area contributed by atoms with Crippen LogP contribution in [0.5, 0.6) is 0 Å². The van der Waals surface area contributed by atoms with Gasteiger partial charge in [0.25, 0.3) is 0 Å². The molecule has 1 N–H and O–H groups in total. The Hall–Kier alpha value is -2.30. The van der Waals surface area contributed by atoms with Crippen LogP contribution >= 0.6 is 0 Å². The van der Waals surface area contributed by atoms with Crippen LogP contribution in [-0.2, 0) is 16.1 Å². The van der Waals surface area contributed by atoms with Crippen molar-refractivity contribution in [2.75, 3.05) is 6.54 Å². The van der Waals surface area contributed by atoms with Crippen LogP contribution in [0.25, 0.3) is 0 Å². The molecule has 1 aliphatic carbocycles. The van der Waals surface area contributed by atoms with Crippen molar-refractivity contribution in [3.63, 3.8) is 0 Å². The first-order valence-corrected chi connectivity index (χ1v) is 6.55. The van der Waals surface area contributed by atoms with E-state index < -0.39 is 18.1 Å². The number of benzene rings is 1. The Balaban J connectivity index is 1.64. The standard InChI is InChI=1S/C15H15NO4/c17-14(18)13-7-11-6-12(11)8-16(13)15(19)20-9-10-4-2-1-3-5-10/h1-5,13H,6-9H2,(H,17,18)/t13-/m0/s1. The molecule has 0 aromatic heterocycles. The van der Waals surface area contributed by atoms with E-state index in [1.807, 2.05) is 30.3 Å². The zero-order valence-corrected chi connectivity index (χ0v) is 10.9. The third kappa shape index (κ3) is 2.52. The summed E-state index contributed by atoms with van der Waals surface area (Å²) in [6.07, 6.45) is 0.747. The smallest absolute Gasteiger partial charge is 0.411 e. The van der Waals surface area contributed by atoms with Gasteiger partial charge in [-0.2, -0.15) is 0 Å². The van der Waals surface area contributed by atoms with E-state index in [0.29, 0.717) is 13.0 Å². The molecule has 5 nitrogen and oxygen atoms in total. The van der Waals surface area contributed by atoms with Crippen LogP contribution in [0.4, 0.5) is 4.79 Å². The molecule has 0 saturated heterocycles. The maximum atomic E-state index is 12.1. The number of carbonyl (C=O) groups excluding carboxylic acids is 1. The molecule has 3 rings (SSSR count). The Kier molecular flexibility index (Phi) is 3.18. The van der Waals surface area contributed by atoms with Crippen molar-refractivity contribution in [3.05, 3.63) is 47.0 Å². The van der Waals surface area contributed by atoms with E-state index in [9.17, 15) is 14.7 Å². The van der Waals surface area contributed by atoms with Crippen molar-refractivity contribution >= 4 is 12.1 Å². The highest BCUT2D eigenvalue weighted by atomic mass is 16.6. The molecule has 0 unspecified atom stereocenters. The SMILES string of the molecule is O=C(O)[C@@H]1CC2=C(C2)CN1C(=O)OCc1ccccc1. The number of carboxylic acid groups (broad SMARTS) is 1. The number of hydrogen-bond acceptors (Lipinski definition) is 3. The van der Waals surface area contributed by atoms with E-state index in [1.165, 1.54) is 16.0 Å². The number of likely N-dealkylation sites (tertiary alicyclic amines) is 1. The first-order valence-electron chi connectivity index (χ1n) is 6.55. The Labute approximate surface area is 116 Å². The fraction of sp³-hybridized carbons (Fsp3) is 0.333. The van der Waals surface area contributed by atoms with Crippen LogP contribution in [0, 0.1) is 0 Å². The lowest BCUT2D eigenvalue weighted by Crippen LogP contribution is -2.46. The summed E-state index contributed by atoms with van der Waals surface area (Å²) in [7, 11) is 0. The molecule has 1 heterocycles. The van der Waals surface area contributed by atoms with Gasteiger partial charge < -0.3 is 9.84 Å². The lowest BCUT2D eigenvalue weighted by atomic mass is 10.1. The highest BCUT2D eigenvalue weighted by molar-refractivity contribution is 5.82. The minimum atomic E-state index is -0.972. The predicted molar refractivity (Wildman–Crippen MR) is 71.0 cm³/mol. The maximum Gasteiger partial charge on any atom is 0.411 e. The summed E-state index contributed by atoms with van der Waals surface area (Å²) in [4.78, 5) is 24.6. The van der Waals surface area contributed by atoms with Gasteiger partial charge in [-0.05, 0) is 17.6 Å². The second kappa shape index (κ2) is 5.00. The van der Waals surface area contributed by atoms with Crippen molar-refractivity contribution in [3.8, 4) is 0 Å². The van der Waals surface area contributed by atoms with Gasteiger partial charge in [-0.15, -0.1) is 0 Å². The number of amides is 1. The van der Waals surface area contributed by atoms with E-state index in [2.05, 4.69) is 0 Å². The number of aliphatic carboxylic acids is 1. The van der Waals surface area contributed by atoms with Crippen molar-refractivity contribution in [1.82, 2.24) is 4.90 Å². The summed E-state index contributed by atoms with van der Waals surface area (Å²) >= 11 is 0. The van der Waals surface area contributed by atoms with E-state index in [-0.39, 0.29) is 6.61 Å². The molecule has 0 saturated carbocycles. The van der Waals surface area contributed by atoms with Gasteiger partial charge in [-0.25, -0.2) is 9.59 Å². The summed E-state index contributed by atoms with van der Waals surface area (Å²) in [5, 5.41) is 9.21. The topological polar surface area (TPSA) is 66.8 Å². The second-order valence-electron chi connectivity index (χ2n) is 5.11. The number of nitrogens with zero attached hydrogens (tertiary/aromatic N) is 1. The van der Waals surface area contributed by atoms with Crippen LogP contribution in [0.2, 0.25) is 0 Å². The molecule has 0 radical (unpaired) electrons. The molecule has 20 heavy (non-hydrogen) atoms. The summed E-state index contributed by atoms with van der Waals surface area (Å²) in [5.41, 5.74) is 3.25. The highest BCUT2D eigenvalue weighted by Gasteiger charge is 2.41. The molecule has 0 bridgehead atoms. The summed E-state index contributed by atoms with van der Waals surface area (Å²) in [5.74, 6) is -0.972. The van der Waals surface area contributed by atoms with Crippen molar-refractivity contribution in [2.24, 2.45) is 0 Å². The lowest BCUT2D eigenvalue weighted by Gasteiger charge is -2.28. The monoisotopic (exact) mass is 273 g/mol. The van der Waals surface area contributed by atoms with E-state index in [4.69, 9.17) is 4.74 Å².